The summed E-state index contributed by atoms with van der Waals surface area (Å²) in [5, 5.41) is 23.3. The summed E-state index contributed by atoms with van der Waals surface area (Å²) in [5.41, 5.74) is 0.108. The molecule has 0 fully saturated rings. The number of aliphatic hydroxyl groups excluding tert-OH is 2. The van der Waals surface area contributed by atoms with Crippen molar-refractivity contribution in [1.29, 1.82) is 0 Å². The second-order valence-corrected chi connectivity index (χ2v) is 9.08. The first-order chi connectivity index (χ1) is 17.5. The Morgan fingerprint density at radius 2 is 1.73 bits per heavy atom. The molecule has 0 saturated carbocycles. The van der Waals surface area contributed by atoms with Crippen LogP contribution in [0, 0.1) is 0 Å². The molecule has 0 aliphatic heterocycles. The molecule has 4 rings (SSSR count). The van der Waals surface area contributed by atoms with Crippen molar-refractivity contribution in [3.05, 3.63) is 76.9 Å². The third kappa shape index (κ3) is 5.62. The number of hydrogen-bond acceptors (Lipinski definition) is 8. The number of rotatable bonds is 9. The van der Waals surface area contributed by atoms with E-state index in [1.165, 1.54) is 6.33 Å². The molecular weight excluding hydrogens is 491 g/mol. The number of ketones is 1. The first kappa shape index (κ1) is 26.2. The lowest BCUT2D eigenvalue weighted by molar-refractivity contribution is -0.185. The zero-order valence-corrected chi connectivity index (χ0v) is 20.0. The van der Waals surface area contributed by atoms with Crippen molar-refractivity contribution < 1.29 is 37.4 Å². The SMILES string of the molecule is CC(C)(c1cc(CC(=O)Cc2cccc(Oc3ncnc4cc(CO)c(CO)cc34)c2)no1)C(F)(F)F. The van der Waals surface area contributed by atoms with Gasteiger partial charge in [0, 0.05) is 12.5 Å². The number of alkyl halides is 3. The summed E-state index contributed by atoms with van der Waals surface area (Å²) in [6, 6.07) is 11.2. The van der Waals surface area contributed by atoms with Gasteiger partial charge in [-0.2, -0.15) is 13.2 Å². The van der Waals surface area contributed by atoms with Crippen molar-refractivity contribution in [1.82, 2.24) is 15.1 Å². The first-order valence-corrected chi connectivity index (χ1v) is 11.3. The normalized spacial score (nSPS) is 12.2. The molecule has 0 spiro atoms. The van der Waals surface area contributed by atoms with Crippen LogP contribution in [0.3, 0.4) is 0 Å². The molecule has 0 saturated heterocycles. The van der Waals surface area contributed by atoms with Gasteiger partial charge in [0.1, 0.15) is 23.3 Å². The number of fused-ring (bicyclic) bond motifs is 1. The Kier molecular flexibility index (Phi) is 7.28. The van der Waals surface area contributed by atoms with Crippen molar-refractivity contribution in [2.24, 2.45) is 0 Å². The van der Waals surface area contributed by atoms with E-state index < -0.39 is 11.6 Å². The fraction of sp³-hybridized carbons (Fsp3) is 0.308. The second kappa shape index (κ2) is 10.3. The topological polar surface area (TPSA) is 119 Å². The minimum Gasteiger partial charge on any atom is -0.438 e. The lowest BCUT2D eigenvalue weighted by atomic mass is 9.89. The van der Waals surface area contributed by atoms with Gasteiger partial charge in [0.05, 0.1) is 36.2 Å². The Hall–Kier alpha value is -3.83. The fourth-order valence-electron chi connectivity index (χ4n) is 3.70. The lowest BCUT2D eigenvalue weighted by Crippen LogP contribution is -2.35. The van der Waals surface area contributed by atoms with Crippen LogP contribution in [0.25, 0.3) is 10.9 Å². The van der Waals surface area contributed by atoms with Gasteiger partial charge in [-0.15, -0.1) is 0 Å². The van der Waals surface area contributed by atoms with Crippen molar-refractivity contribution in [2.45, 2.75) is 51.5 Å². The highest BCUT2D eigenvalue weighted by Crippen LogP contribution is 2.40. The molecule has 4 aromatic rings. The maximum Gasteiger partial charge on any atom is 0.401 e. The summed E-state index contributed by atoms with van der Waals surface area (Å²) in [6.45, 7) is 1.44. The van der Waals surface area contributed by atoms with E-state index in [2.05, 4.69) is 15.1 Å². The van der Waals surface area contributed by atoms with Gasteiger partial charge < -0.3 is 19.5 Å². The van der Waals surface area contributed by atoms with Crippen LogP contribution >= 0.6 is 0 Å². The number of nitrogens with zero attached hydrogens (tertiary/aromatic N) is 3. The molecular formula is C26H24F3N3O5. The predicted molar refractivity (Wildman–Crippen MR) is 126 cm³/mol. The summed E-state index contributed by atoms with van der Waals surface area (Å²) < 4.78 is 50.5. The van der Waals surface area contributed by atoms with Crippen LogP contribution in [-0.2, 0) is 36.3 Å². The molecule has 2 aromatic carbocycles. The third-order valence-corrected chi connectivity index (χ3v) is 6.04. The Labute approximate surface area is 209 Å². The molecule has 194 valence electrons. The molecule has 0 amide bonds. The maximum absolute atomic E-state index is 13.2. The average molecular weight is 515 g/mol. The Balaban J connectivity index is 1.48. The van der Waals surface area contributed by atoms with Gasteiger partial charge >= 0.3 is 6.18 Å². The van der Waals surface area contributed by atoms with Crippen molar-refractivity contribution in [3.8, 4) is 11.6 Å². The van der Waals surface area contributed by atoms with E-state index >= 15 is 0 Å². The maximum atomic E-state index is 13.2. The molecule has 8 nitrogen and oxygen atoms in total. The van der Waals surface area contributed by atoms with Gasteiger partial charge in [0.25, 0.3) is 0 Å². The van der Waals surface area contributed by atoms with Crippen molar-refractivity contribution in [2.75, 3.05) is 0 Å². The molecule has 0 aliphatic rings. The molecule has 2 heterocycles. The molecule has 2 N–H and O–H groups in total. The number of benzene rings is 2. The molecule has 11 heteroatoms. The summed E-state index contributed by atoms with van der Waals surface area (Å²) in [4.78, 5) is 21.0. The first-order valence-electron chi connectivity index (χ1n) is 11.3. The largest absolute Gasteiger partial charge is 0.438 e. The second-order valence-electron chi connectivity index (χ2n) is 9.08. The number of Topliss-reactive ketones (excluding diaryl/α,β-unsaturated/α-hetero) is 1. The highest BCUT2D eigenvalue weighted by Gasteiger charge is 2.51. The molecule has 0 aliphatic carbocycles. The number of aliphatic hydroxyl groups is 2. The molecule has 0 radical (unpaired) electrons. The average Bonchev–Trinajstić information content (AvgIpc) is 3.32. The monoisotopic (exact) mass is 515 g/mol. The van der Waals surface area contributed by atoms with E-state index in [4.69, 9.17) is 9.26 Å². The quantitative estimate of drug-likeness (QED) is 0.332. The van der Waals surface area contributed by atoms with E-state index in [1.54, 1.807) is 36.4 Å². The zero-order chi connectivity index (χ0) is 26.8. The van der Waals surface area contributed by atoms with Crippen molar-refractivity contribution in [3.63, 3.8) is 0 Å². The fourth-order valence-corrected chi connectivity index (χ4v) is 3.70. The number of carbonyl (C=O) groups is 1. The number of halogens is 3. The van der Waals surface area contributed by atoms with Gasteiger partial charge in [-0.25, -0.2) is 9.97 Å². The molecule has 0 bridgehead atoms. The van der Waals surface area contributed by atoms with Crippen LogP contribution in [0.4, 0.5) is 13.2 Å². The standard InChI is InChI=1S/C26H24F3N3O5/c1-25(2,26(27,28)29)23-11-18(32-37-23)10-19(35)6-15-4-3-5-20(7-15)36-24-21-8-16(12-33)17(13-34)9-22(21)30-14-31-24/h3-5,7-9,11,14,33-34H,6,10,12-13H2,1-2H3. The zero-order valence-electron chi connectivity index (χ0n) is 20.0. The van der Waals surface area contributed by atoms with Gasteiger partial charge in [0.15, 0.2) is 5.76 Å². The number of carbonyl (C=O) groups excluding carboxylic acids is 1. The summed E-state index contributed by atoms with van der Waals surface area (Å²) in [6.07, 6.45) is -3.39. The van der Waals surface area contributed by atoms with Gasteiger partial charge in [-0.3, -0.25) is 4.79 Å². The summed E-state index contributed by atoms with van der Waals surface area (Å²) >= 11 is 0. The molecule has 2 aromatic heterocycles. The Bertz CT molecular complexity index is 1430. The minimum atomic E-state index is -4.52. The van der Waals surface area contributed by atoms with E-state index in [1.807, 2.05) is 0 Å². The van der Waals surface area contributed by atoms with Crippen LogP contribution < -0.4 is 4.74 Å². The number of hydrogen-bond donors (Lipinski definition) is 2. The van der Waals surface area contributed by atoms with Crippen LogP contribution in [0.15, 0.2) is 53.3 Å². The van der Waals surface area contributed by atoms with Crippen molar-refractivity contribution >= 4 is 16.7 Å². The van der Waals surface area contributed by atoms with Gasteiger partial charge in [-0.1, -0.05) is 17.3 Å². The predicted octanol–water partition coefficient (Wildman–Crippen LogP) is 4.59. The van der Waals surface area contributed by atoms with Crippen LogP contribution in [0.1, 0.15) is 42.0 Å². The molecule has 0 unspecified atom stereocenters. The minimum absolute atomic E-state index is 0.00109. The highest BCUT2D eigenvalue weighted by molar-refractivity contribution is 5.85. The van der Waals surface area contributed by atoms with Crippen LogP contribution in [-0.4, -0.2) is 37.3 Å². The van der Waals surface area contributed by atoms with E-state index in [9.17, 15) is 28.2 Å². The summed E-state index contributed by atoms with van der Waals surface area (Å²) in [7, 11) is 0. The third-order valence-electron chi connectivity index (χ3n) is 6.04. The van der Waals surface area contributed by atoms with E-state index in [0.717, 1.165) is 19.9 Å². The summed E-state index contributed by atoms with van der Waals surface area (Å²) in [5.74, 6) is 0.0111. The van der Waals surface area contributed by atoms with Crippen LogP contribution in [0.5, 0.6) is 11.6 Å². The van der Waals surface area contributed by atoms with E-state index in [-0.39, 0.29) is 49.2 Å². The van der Waals surface area contributed by atoms with Gasteiger partial charge in [-0.05, 0) is 54.8 Å². The molecule has 0 atom stereocenters. The van der Waals surface area contributed by atoms with Crippen LogP contribution in [0.2, 0.25) is 0 Å². The molecule has 37 heavy (non-hydrogen) atoms. The Morgan fingerprint density at radius 1 is 1.00 bits per heavy atom. The lowest BCUT2D eigenvalue weighted by Gasteiger charge is -2.24. The van der Waals surface area contributed by atoms with Gasteiger partial charge in [0.2, 0.25) is 5.88 Å². The Morgan fingerprint density at radius 3 is 2.43 bits per heavy atom. The number of aromatic nitrogens is 3. The highest BCUT2D eigenvalue weighted by atomic mass is 19.4. The van der Waals surface area contributed by atoms with E-state index in [0.29, 0.717) is 33.3 Å². The smallest absolute Gasteiger partial charge is 0.401 e. The number of ether oxygens (including phenoxy) is 1.